The van der Waals surface area contributed by atoms with Crippen LogP contribution in [0.3, 0.4) is 0 Å². The first-order valence-corrected chi connectivity index (χ1v) is 8.73. The molecule has 2 aromatic rings. The number of carbonyl (C=O) groups is 1. The van der Waals surface area contributed by atoms with Crippen LogP contribution < -0.4 is 15.0 Å². The number of carbonyl (C=O) groups excluding carboxylic acids is 1. The fourth-order valence-electron chi connectivity index (χ4n) is 2.80. The van der Waals surface area contributed by atoms with Gasteiger partial charge in [-0.1, -0.05) is 29.3 Å². The van der Waals surface area contributed by atoms with Crippen LogP contribution in [0, 0.1) is 0 Å². The van der Waals surface area contributed by atoms with Gasteiger partial charge in [0.1, 0.15) is 5.75 Å². The van der Waals surface area contributed by atoms with E-state index in [0.717, 1.165) is 17.1 Å². The monoisotopic (exact) mass is 379 g/mol. The van der Waals surface area contributed by atoms with E-state index in [4.69, 9.17) is 27.9 Å². The van der Waals surface area contributed by atoms with E-state index >= 15 is 0 Å². The summed E-state index contributed by atoms with van der Waals surface area (Å²) in [6, 6.07) is 12.6. The van der Waals surface area contributed by atoms with Gasteiger partial charge in [0.05, 0.1) is 22.8 Å². The third kappa shape index (κ3) is 4.11. The van der Waals surface area contributed by atoms with E-state index in [1.807, 2.05) is 42.5 Å². The summed E-state index contributed by atoms with van der Waals surface area (Å²) in [7, 11) is 1.61. The highest BCUT2D eigenvalue weighted by Crippen LogP contribution is 2.34. The Kier molecular flexibility index (Phi) is 5.56. The quantitative estimate of drug-likeness (QED) is 0.861. The number of benzene rings is 2. The molecule has 132 valence electrons. The van der Waals surface area contributed by atoms with Gasteiger partial charge < -0.3 is 19.9 Å². The fraction of sp³-hybridized carbons (Fsp3) is 0.278. The zero-order valence-electron chi connectivity index (χ0n) is 13.8. The lowest BCUT2D eigenvalue weighted by Gasteiger charge is -2.36. The highest BCUT2D eigenvalue weighted by Gasteiger charge is 2.23. The van der Waals surface area contributed by atoms with Crippen LogP contribution in [0.2, 0.25) is 10.0 Å². The lowest BCUT2D eigenvalue weighted by atomic mass is 10.2. The first-order valence-electron chi connectivity index (χ1n) is 7.97. The summed E-state index contributed by atoms with van der Waals surface area (Å²) < 4.78 is 5.11. The predicted molar refractivity (Wildman–Crippen MR) is 102 cm³/mol. The van der Waals surface area contributed by atoms with E-state index in [9.17, 15) is 4.79 Å². The number of para-hydroxylation sites is 1. The average molecular weight is 380 g/mol. The maximum Gasteiger partial charge on any atom is 0.321 e. The molecular weight excluding hydrogens is 361 g/mol. The molecule has 5 nitrogen and oxygen atoms in total. The second-order valence-corrected chi connectivity index (χ2v) is 6.52. The molecule has 0 aliphatic carbocycles. The largest absolute Gasteiger partial charge is 0.497 e. The van der Waals surface area contributed by atoms with Crippen LogP contribution in [0.15, 0.2) is 42.5 Å². The van der Waals surface area contributed by atoms with Crippen LogP contribution in [0.1, 0.15) is 0 Å². The number of rotatable bonds is 3. The van der Waals surface area contributed by atoms with Crippen LogP contribution in [0.5, 0.6) is 5.75 Å². The molecule has 0 aromatic heterocycles. The van der Waals surface area contributed by atoms with Crippen molar-refractivity contribution in [2.45, 2.75) is 0 Å². The molecule has 25 heavy (non-hydrogen) atoms. The van der Waals surface area contributed by atoms with Gasteiger partial charge in [-0.3, -0.25) is 0 Å². The van der Waals surface area contributed by atoms with Crippen molar-refractivity contribution in [1.29, 1.82) is 0 Å². The molecule has 0 atom stereocenters. The molecule has 1 heterocycles. The van der Waals surface area contributed by atoms with Gasteiger partial charge in [-0.2, -0.15) is 0 Å². The number of urea groups is 1. The van der Waals surface area contributed by atoms with Crippen molar-refractivity contribution < 1.29 is 9.53 Å². The molecule has 0 unspecified atom stereocenters. The third-order valence-electron chi connectivity index (χ3n) is 4.16. The fourth-order valence-corrected chi connectivity index (χ4v) is 3.44. The van der Waals surface area contributed by atoms with Crippen molar-refractivity contribution in [2.24, 2.45) is 0 Å². The smallest absolute Gasteiger partial charge is 0.321 e. The summed E-state index contributed by atoms with van der Waals surface area (Å²) in [5.74, 6) is 0.753. The van der Waals surface area contributed by atoms with Crippen molar-refractivity contribution in [2.75, 3.05) is 43.5 Å². The van der Waals surface area contributed by atoms with Crippen molar-refractivity contribution in [3.63, 3.8) is 0 Å². The van der Waals surface area contributed by atoms with Crippen LogP contribution in [0.25, 0.3) is 0 Å². The number of nitrogens with one attached hydrogen (secondary N) is 1. The standard InChI is InChI=1S/C18H19Cl2N3O2/c1-25-14-7-5-13(6-8-14)21-18(24)23-11-9-22(10-12-23)17-15(19)3-2-4-16(17)20/h2-8H,9-12H2,1H3,(H,21,24). The number of amides is 2. The van der Waals surface area contributed by atoms with Gasteiger partial charge in [0.25, 0.3) is 0 Å². The second-order valence-electron chi connectivity index (χ2n) is 5.70. The van der Waals surface area contributed by atoms with Crippen LogP contribution in [0.4, 0.5) is 16.2 Å². The van der Waals surface area contributed by atoms with E-state index < -0.39 is 0 Å². The van der Waals surface area contributed by atoms with Crippen LogP contribution in [-0.2, 0) is 0 Å². The number of nitrogens with zero attached hydrogens (tertiary/aromatic N) is 2. The second kappa shape index (κ2) is 7.85. The Morgan fingerprint density at radius 1 is 1.00 bits per heavy atom. The molecule has 2 amide bonds. The van der Waals surface area contributed by atoms with E-state index in [0.29, 0.717) is 36.2 Å². The molecule has 1 aliphatic rings. The van der Waals surface area contributed by atoms with Crippen molar-refractivity contribution >= 4 is 40.6 Å². The number of methoxy groups -OCH3 is 1. The molecule has 0 radical (unpaired) electrons. The topological polar surface area (TPSA) is 44.8 Å². The molecular formula is C18H19Cl2N3O2. The maximum absolute atomic E-state index is 12.4. The van der Waals surface area contributed by atoms with Gasteiger partial charge in [0.2, 0.25) is 0 Å². The van der Waals surface area contributed by atoms with Gasteiger partial charge in [0.15, 0.2) is 0 Å². The van der Waals surface area contributed by atoms with Gasteiger partial charge in [0, 0.05) is 31.9 Å². The van der Waals surface area contributed by atoms with Gasteiger partial charge >= 0.3 is 6.03 Å². The van der Waals surface area contributed by atoms with Gasteiger partial charge in [-0.25, -0.2) is 4.79 Å². The number of anilines is 2. The Hall–Kier alpha value is -2.11. The minimum atomic E-state index is -0.116. The van der Waals surface area contributed by atoms with Crippen molar-refractivity contribution in [3.05, 3.63) is 52.5 Å². The summed E-state index contributed by atoms with van der Waals surface area (Å²) >= 11 is 12.5. The van der Waals surface area contributed by atoms with Crippen LogP contribution >= 0.6 is 23.2 Å². The molecule has 0 bridgehead atoms. The summed E-state index contributed by atoms with van der Waals surface area (Å²) in [6.45, 7) is 2.56. The Morgan fingerprint density at radius 2 is 1.60 bits per heavy atom. The van der Waals surface area contributed by atoms with Gasteiger partial charge in [-0.05, 0) is 36.4 Å². The molecule has 2 aromatic carbocycles. The zero-order chi connectivity index (χ0) is 17.8. The molecule has 1 saturated heterocycles. The average Bonchev–Trinajstić information content (AvgIpc) is 2.63. The number of hydrogen-bond acceptors (Lipinski definition) is 3. The molecule has 0 saturated carbocycles. The van der Waals surface area contributed by atoms with Gasteiger partial charge in [-0.15, -0.1) is 0 Å². The van der Waals surface area contributed by atoms with Crippen molar-refractivity contribution in [3.8, 4) is 5.75 Å². The summed E-state index contributed by atoms with van der Waals surface area (Å²) in [5.41, 5.74) is 1.57. The predicted octanol–water partition coefficient (Wildman–Crippen LogP) is 4.36. The highest BCUT2D eigenvalue weighted by atomic mass is 35.5. The van der Waals surface area contributed by atoms with E-state index in [1.165, 1.54) is 0 Å². The Morgan fingerprint density at radius 3 is 2.16 bits per heavy atom. The number of ether oxygens (including phenoxy) is 1. The minimum absolute atomic E-state index is 0.116. The number of halogens is 2. The molecule has 7 heteroatoms. The lowest BCUT2D eigenvalue weighted by molar-refractivity contribution is 0.208. The Labute approximate surface area is 157 Å². The number of piperazine rings is 1. The highest BCUT2D eigenvalue weighted by molar-refractivity contribution is 6.39. The summed E-state index contributed by atoms with van der Waals surface area (Å²) in [4.78, 5) is 16.3. The molecule has 1 N–H and O–H groups in total. The molecule has 1 aliphatic heterocycles. The maximum atomic E-state index is 12.4. The zero-order valence-corrected chi connectivity index (χ0v) is 15.3. The first kappa shape index (κ1) is 17.7. The van der Waals surface area contributed by atoms with E-state index in [2.05, 4.69) is 10.2 Å². The van der Waals surface area contributed by atoms with Crippen molar-refractivity contribution in [1.82, 2.24) is 4.90 Å². The number of hydrogen-bond donors (Lipinski definition) is 1. The third-order valence-corrected chi connectivity index (χ3v) is 4.77. The minimum Gasteiger partial charge on any atom is -0.497 e. The molecule has 3 rings (SSSR count). The summed E-state index contributed by atoms with van der Waals surface area (Å²) in [5, 5.41) is 4.16. The lowest BCUT2D eigenvalue weighted by Crippen LogP contribution is -2.50. The van der Waals surface area contributed by atoms with Crippen LogP contribution in [-0.4, -0.2) is 44.2 Å². The summed E-state index contributed by atoms with van der Waals surface area (Å²) in [6.07, 6.45) is 0. The molecule has 0 spiro atoms. The molecule has 1 fully saturated rings. The first-order chi connectivity index (χ1) is 12.1. The Bertz CT molecular complexity index is 724. The normalized spacial score (nSPS) is 14.4. The van der Waals surface area contributed by atoms with E-state index in [1.54, 1.807) is 12.0 Å². The Balaban J connectivity index is 1.59. The van der Waals surface area contributed by atoms with E-state index in [-0.39, 0.29) is 6.03 Å². The SMILES string of the molecule is COc1ccc(NC(=O)N2CCN(c3c(Cl)cccc3Cl)CC2)cc1.